The highest BCUT2D eigenvalue weighted by molar-refractivity contribution is 4.80. The van der Waals surface area contributed by atoms with Crippen LogP contribution in [0.3, 0.4) is 0 Å². The number of nitrogens with zero attached hydrogens (tertiary/aromatic N) is 1. The zero-order valence-electron chi connectivity index (χ0n) is 10.0. The van der Waals surface area contributed by atoms with E-state index in [1.807, 2.05) is 0 Å². The van der Waals surface area contributed by atoms with Crippen molar-refractivity contribution < 1.29 is 4.74 Å². The fourth-order valence-electron chi connectivity index (χ4n) is 2.63. The van der Waals surface area contributed by atoms with E-state index < -0.39 is 0 Å². The van der Waals surface area contributed by atoms with E-state index in [9.17, 15) is 0 Å². The number of likely N-dealkylation sites (tertiary alicyclic amines) is 1. The Kier molecular flexibility index (Phi) is 4.00. The molecule has 2 saturated heterocycles. The van der Waals surface area contributed by atoms with Gasteiger partial charge in [0, 0.05) is 18.6 Å². The standard InChI is InChI=1S/C12H24N2O/c1-10(2)14-7-4-11(5-8-14)12-13-6-3-9-15-12/h10-13H,3-9H2,1-2H3. The number of piperidine rings is 1. The summed E-state index contributed by atoms with van der Waals surface area (Å²) >= 11 is 0. The Balaban J connectivity index is 1.77. The van der Waals surface area contributed by atoms with Gasteiger partial charge in [-0.1, -0.05) is 0 Å². The van der Waals surface area contributed by atoms with Crippen molar-refractivity contribution in [1.29, 1.82) is 0 Å². The van der Waals surface area contributed by atoms with Crippen LogP contribution in [0.5, 0.6) is 0 Å². The van der Waals surface area contributed by atoms with Crippen molar-refractivity contribution in [3.63, 3.8) is 0 Å². The van der Waals surface area contributed by atoms with Crippen molar-refractivity contribution in [3.8, 4) is 0 Å². The van der Waals surface area contributed by atoms with Crippen LogP contribution in [-0.4, -0.2) is 43.4 Å². The SMILES string of the molecule is CC(C)N1CCC(C2NCCCO2)CC1. The second-order valence-corrected chi connectivity index (χ2v) is 5.07. The number of nitrogens with one attached hydrogen (secondary N) is 1. The van der Waals surface area contributed by atoms with Crippen molar-refractivity contribution in [3.05, 3.63) is 0 Å². The summed E-state index contributed by atoms with van der Waals surface area (Å²) in [5.41, 5.74) is 0. The first kappa shape index (κ1) is 11.4. The Labute approximate surface area is 93.2 Å². The largest absolute Gasteiger partial charge is 0.363 e. The van der Waals surface area contributed by atoms with Crippen molar-refractivity contribution >= 4 is 0 Å². The minimum atomic E-state index is 0.341. The maximum Gasteiger partial charge on any atom is 0.111 e. The summed E-state index contributed by atoms with van der Waals surface area (Å²) in [6.07, 6.45) is 4.08. The molecular weight excluding hydrogens is 188 g/mol. The molecule has 2 fully saturated rings. The fourth-order valence-corrected chi connectivity index (χ4v) is 2.63. The summed E-state index contributed by atoms with van der Waals surface area (Å²) in [5, 5.41) is 3.49. The van der Waals surface area contributed by atoms with Gasteiger partial charge in [-0.05, 0) is 52.7 Å². The molecule has 3 heteroatoms. The lowest BCUT2D eigenvalue weighted by molar-refractivity contribution is -0.0535. The Hall–Kier alpha value is -0.120. The lowest BCUT2D eigenvalue weighted by Crippen LogP contribution is -2.48. The van der Waals surface area contributed by atoms with E-state index in [-0.39, 0.29) is 0 Å². The van der Waals surface area contributed by atoms with Crippen LogP contribution in [0.15, 0.2) is 0 Å². The molecule has 0 aromatic carbocycles. The molecule has 88 valence electrons. The average Bonchev–Trinajstić information content (AvgIpc) is 2.30. The maximum atomic E-state index is 5.78. The van der Waals surface area contributed by atoms with Gasteiger partial charge in [-0.15, -0.1) is 0 Å². The Bertz CT molecular complexity index is 182. The van der Waals surface area contributed by atoms with Gasteiger partial charge in [0.2, 0.25) is 0 Å². The predicted molar refractivity (Wildman–Crippen MR) is 61.8 cm³/mol. The molecule has 3 nitrogen and oxygen atoms in total. The summed E-state index contributed by atoms with van der Waals surface area (Å²) in [7, 11) is 0. The smallest absolute Gasteiger partial charge is 0.111 e. The number of ether oxygens (including phenoxy) is 1. The molecule has 0 aromatic rings. The molecule has 0 spiro atoms. The molecule has 15 heavy (non-hydrogen) atoms. The highest BCUT2D eigenvalue weighted by Crippen LogP contribution is 2.23. The molecule has 0 saturated carbocycles. The van der Waals surface area contributed by atoms with Gasteiger partial charge in [0.15, 0.2) is 0 Å². The third-order valence-corrected chi connectivity index (χ3v) is 3.70. The van der Waals surface area contributed by atoms with E-state index in [0.29, 0.717) is 12.3 Å². The minimum absolute atomic E-state index is 0.341. The van der Waals surface area contributed by atoms with Crippen molar-refractivity contribution in [2.75, 3.05) is 26.2 Å². The lowest BCUT2D eigenvalue weighted by atomic mass is 9.93. The van der Waals surface area contributed by atoms with E-state index >= 15 is 0 Å². The average molecular weight is 212 g/mol. The predicted octanol–water partition coefficient (Wildman–Crippen LogP) is 1.44. The molecule has 0 aliphatic carbocycles. The third-order valence-electron chi connectivity index (χ3n) is 3.70. The molecular formula is C12H24N2O. The van der Waals surface area contributed by atoms with Gasteiger partial charge in [-0.3, -0.25) is 5.32 Å². The molecule has 1 N–H and O–H groups in total. The molecule has 0 bridgehead atoms. The second-order valence-electron chi connectivity index (χ2n) is 5.07. The second kappa shape index (κ2) is 5.28. The topological polar surface area (TPSA) is 24.5 Å². The van der Waals surface area contributed by atoms with Crippen LogP contribution in [0.25, 0.3) is 0 Å². The highest BCUT2D eigenvalue weighted by Gasteiger charge is 2.28. The summed E-state index contributed by atoms with van der Waals surface area (Å²) < 4.78 is 5.78. The van der Waals surface area contributed by atoms with Gasteiger partial charge in [0.25, 0.3) is 0 Å². The van der Waals surface area contributed by atoms with Gasteiger partial charge in [0.1, 0.15) is 6.23 Å². The Morgan fingerprint density at radius 2 is 2.00 bits per heavy atom. The first-order chi connectivity index (χ1) is 7.27. The summed E-state index contributed by atoms with van der Waals surface area (Å²) in [5.74, 6) is 0.736. The van der Waals surface area contributed by atoms with E-state index in [1.165, 1.54) is 32.4 Å². The third kappa shape index (κ3) is 2.92. The summed E-state index contributed by atoms with van der Waals surface area (Å²) in [4.78, 5) is 2.57. The highest BCUT2D eigenvalue weighted by atomic mass is 16.5. The lowest BCUT2D eigenvalue weighted by Gasteiger charge is -2.39. The van der Waals surface area contributed by atoms with Gasteiger partial charge in [-0.2, -0.15) is 0 Å². The van der Waals surface area contributed by atoms with Crippen LogP contribution in [-0.2, 0) is 4.74 Å². The van der Waals surface area contributed by atoms with Crippen molar-refractivity contribution in [2.45, 2.75) is 45.4 Å². The molecule has 2 heterocycles. The summed E-state index contributed by atoms with van der Waals surface area (Å²) in [6.45, 7) is 9.14. The number of hydrogen-bond donors (Lipinski definition) is 1. The van der Waals surface area contributed by atoms with E-state index in [0.717, 1.165) is 19.1 Å². The van der Waals surface area contributed by atoms with E-state index in [1.54, 1.807) is 0 Å². The molecule has 1 unspecified atom stereocenters. The van der Waals surface area contributed by atoms with Gasteiger partial charge >= 0.3 is 0 Å². The van der Waals surface area contributed by atoms with Crippen LogP contribution in [0.2, 0.25) is 0 Å². The minimum Gasteiger partial charge on any atom is -0.363 e. The molecule has 2 aliphatic heterocycles. The van der Waals surface area contributed by atoms with E-state index in [2.05, 4.69) is 24.1 Å². The number of rotatable bonds is 2. The monoisotopic (exact) mass is 212 g/mol. The molecule has 0 radical (unpaired) electrons. The Morgan fingerprint density at radius 3 is 2.53 bits per heavy atom. The van der Waals surface area contributed by atoms with Gasteiger partial charge in [-0.25, -0.2) is 0 Å². The molecule has 2 rings (SSSR count). The van der Waals surface area contributed by atoms with Crippen LogP contribution in [0.1, 0.15) is 33.1 Å². The van der Waals surface area contributed by atoms with Gasteiger partial charge < -0.3 is 9.64 Å². The summed E-state index contributed by atoms with van der Waals surface area (Å²) in [6, 6.07) is 0.700. The first-order valence-electron chi connectivity index (χ1n) is 6.36. The van der Waals surface area contributed by atoms with Crippen LogP contribution < -0.4 is 5.32 Å². The molecule has 0 aromatic heterocycles. The first-order valence-corrected chi connectivity index (χ1v) is 6.36. The zero-order valence-corrected chi connectivity index (χ0v) is 10.0. The van der Waals surface area contributed by atoms with E-state index in [4.69, 9.17) is 4.74 Å². The molecule has 2 aliphatic rings. The molecule has 0 amide bonds. The van der Waals surface area contributed by atoms with Crippen molar-refractivity contribution in [1.82, 2.24) is 10.2 Å². The van der Waals surface area contributed by atoms with Crippen molar-refractivity contribution in [2.24, 2.45) is 5.92 Å². The Morgan fingerprint density at radius 1 is 1.27 bits per heavy atom. The molecule has 1 atom stereocenters. The van der Waals surface area contributed by atoms with Crippen LogP contribution >= 0.6 is 0 Å². The number of hydrogen-bond acceptors (Lipinski definition) is 3. The van der Waals surface area contributed by atoms with Crippen LogP contribution in [0, 0.1) is 5.92 Å². The van der Waals surface area contributed by atoms with Crippen LogP contribution in [0.4, 0.5) is 0 Å². The quantitative estimate of drug-likeness (QED) is 0.749. The fraction of sp³-hybridized carbons (Fsp3) is 1.00. The van der Waals surface area contributed by atoms with Gasteiger partial charge in [0.05, 0.1) is 0 Å². The zero-order chi connectivity index (χ0) is 10.7. The normalized spacial score (nSPS) is 31.0. The maximum absolute atomic E-state index is 5.78.